The Hall–Kier alpha value is -1.03. The molecule has 0 saturated heterocycles. The lowest BCUT2D eigenvalue weighted by Gasteiger charge is -2.25. The van der Waals surface area contributed by atoms with Crippen molar-refractivity contribution in [1.29, 1.82) is 0 Å². The van der Waals surface area contributed by atoms with Crippen molar-refractivity contribution in [2.75, 3.05) is 18.5 Å². The van der Waals surface area contributed by atoms with Crippen molar-refractivity contribution in [3.05, 3.63) is 11.3 Å². The third-order valence-electron chi connectivity index (χ3n) is 2.97. The Kier molecular flexibility index (Phi) is 4.35. The summed E-state index contributed by atoms with van der Waals surface area (Å²) in [4.78, 5) is 2.27. The molecule has 0 spiro atoms. The number of rotatable bonds is 5. The van der Waals surface area contributed by atoms with Crippen LogP contribution in [-0.2, 0) is 13.6 Å². The van der Waals surface area contributed by atoms with Crippen molar-refractivity contribution in [3.63, 3.8) is 0 Å². The lowest BCUT2D eigenvalue weighted by molar-refractivity contribution is 0.672. The SMILES string of the molecule is CCNCc1c(C)nn(C)c1N(C)C(C)C. The average molecular weight is 224 g/mol. The Labute approximate surface area is 98.6 Å². The molecule has 0 aliphatic heterocycles. The summed E-state index contributed by atoms with van der Waals surface area (Å²) in [5.41, 5.74) is 2.42. The maximum atomic E-state index is 4.50. The molecule has 4 nitrogen and oxygen atoms in total. The van der Waals surface area contributed by atoms with Gasteiger partial charge in [0.2, 0.25) is 0 Å². The molecule has 1 aromatic heterocycles. The standard InChI is InChI=1S/C12H24N4/c1-7-13-8-11-10(4)14-16(6)12(11)15(5)9(2)3/h9,13H,7-8H2,1-6H3. The van der Waals surface area contributed by atoms with Gasteiger partial charge in [0.15, 0.2) is 0 Å². The van der Waals surface area contributed by atoms with Gasteiger partial charge in [-0.15, -0.1) is 0 Å². The van der Waals surface area contributed by atoms with Crippen molar-refractivity contribution in [2.45, 2.75) is 40.3 Å². The Morgan fingerprint density at radius 3 is 2.56 bits per heavy atom. The Balaban J connectivity index is 3.05. The molecular formula is C12H24N4. The maximum absolute atomic E-state index is 4.50. The first-order chi connectivity index (χ1) is 7.49. The van der Waals surface area contributed by atoms with Crippen molar-refractivity contribution in [3.8, 4) is 0 Å². The topological polar surface area (TPSA) is 33.1 Å². The first-order valence-corrected chi connectivity index (χ1v) is 5.95. The maximum Gasteiger partial charge on any atom is 0.131 e. The zero-order valence-electron chi connectivity index (χ0n) is 11.3. The number of nitrogens with zero attached hydrogens (tertiary/aromatic N) is 3. The minimum atomic E-state index is 0.482. The van der Waals surface area contributed by atoms with E-state index in [1.807, 2.05) is 11.7 Å². The predicted molar refractivity (Wildman–Crippen MR) is 68.9 cm³/mol. The molecule has 0 aliphatic carbocycles. The van der Waals surface area contributed by atoms with Crippen LogP contribution in [0, 0.1) is 6.92 Å². The number of hydrogen-bond acceptors (Lipinski definition) is 3. The van der Waals surface area contributed by atoms with Gasteiger partial charge in [0.05, 0.1) is 5.69 Å². The molecule has 1 rings (SSSR count). The van der Waals surface area contributed by atoms with E-state index in [1.165, 1.54) is 11.4 Å². The summed E-state index contributed by atoms with van der Waals surface area (Å²) in [6, 6.07) is 0.482. The summed E-state index contributed by atoms with van der Waals surface area (Å²) in [6.45, 7) is 10.5. The van der Waals surface area contributed by atoms with Crippen LogP contribution in [0.25, 0.3) is 0 Å². The molecule has 0 fully saturated rings. The fourth-order valence-electron chi connectivity index (χ4n) is 1.83. The fraction of sp³-hybridized carbons (Fsp3) is 0.750. The van der Waals surface area contributed by atoms with Crippen molar-refractivity contribution < 1.29 is 0 Å². The van der Waals surface area contributed by atoms with Crippen molar-refractivity contribution in [1.82, 2.24) is 15.1 Å². The number of nitrogens with one attached hydrogen (secondary N) is 1. The Morgan fingerprint density at radius 2 is 2.06 bits per heavy atom. The van der Waals surface area contributed by atoms with E-state index in [9.17, 15) is 0 Å². The molecule has 0 radical (unpaired) electrons. The molecule has 0 bridgehead atoms. The molecule has 16 heavy (non-hydrogen) atoms. The summed E-state index contributed by atoms with van der Waals surface area (Å²) in [7, 11) is 4.13. The summed E-state index contributed by atoms with van der Waals surface area (Å²) >= 11 is 0. The summed E-state index contributed by atoms with van der Waals surface area (Å²) < 4.78 is 1.97. The van der Waals surface area contributed by atoms with E-state index in [0.717, 1.165) is 18.8 Å². The van der Waals surface area contributed by atoms with Crippen LogP contribution < -0.4 is 10.2 Å². The second-order valence-electron chi connectivity index (χ2n) is 4.50. The van der Waals surface area contributed by atoms with Crippen LogP contribution in [0.15, 0.2) is 0 Å². The molecule has 92 valence electrons. The molecule has 0 atom stereocenters. The van der Waals surface area contributed by atoms with Crippen molar-refractivity contribution >= 4 is 5.82 Å². The molecule has 0 unspecified atom stereocenters. The van der Waals surface area contributed by atoms with Crippen LogP contribution in [0.3, 0.4) is 0 Å². The molecule has 1 N–H and O–H groups in total. The fourth-order valence-corrected chi connectivity index (χ4v) is 1.83. The second kappa shape index (κ2) is 5.34. The van der Waals surface area contributed by atoms with Gasteiger partial charge in [-0.1, -0.05) is 6.92 Å². The van der Waals surface area contributed by atoms with Gasteiger partial charge < -0.3 is 10.2 Å². The molecular weight excluding hydrogens is 200 g/mol. The van der Waals surface area contributed by atoms with Crippen molar-refractivity contribution in [2.24, 2.45) is 7.05 Å². The zero-order chi connectivity index (χ0) is 12.3. The van der Waals surface area contributed by atoms with Gasteiger partial charge >= 0.3 is 0 Å². The van der Waals surface area contributed by atoms with Crippen LogP contribution in [0.1, 0.15) is 32.0 Å². The molecule has 1 heterocycles. The minimum absolute atomic E-state index is 0.482. The van der Waals surface area contributed by atoms with E-state index >= 15 is 0 Å². The van der Waals surface area contributed by atoms with E-state index in [2.05, 4.69) is 50.1 Å². The zero-order valence-corrected chi connectivity index (χ0v) is 11.3. The third kappa shape index (κ3) is 2.55. The van der Waals surface area contributed by atoms with E-state index in [-0.39, 0.29) is 0 Å². The van der Waals surface area contributed by atoms with Crippen LogP contribution in [-0.4, -0.2) is 29.4 Å². The molecule has 0 aromatic carbocycles. The first kappa shape index (κ1) is 13.0. The van der Waals surface area contributed by atoms with Crippen LogP contribution in [0.4, 0.5) is 5.82 Å². The molecule has 0 aliphatic rings. The highest BCUT2D eigenvalue weighted by Gasteiger charge is 2.17. The first-order valence-electron chi connectivity index (χ1n) is 5.95. The quantitative estimate of drug-likeness (QED) is 0.826. The van der Waals surface area contributed by atoms with E-state index in [1.54, 1.807) is 0 Å². The van der Waals surface area contributed by atoms with Gasteiger partial charge in [-0.2, -0.15) is 5.10 Å². The van der Waals surface area contributed by atoms with Crippen LogP contribution >= 0.6 is 0 Å². The van der Waals surface area contributed by atoms with Gasteiger partial charge in [-0.05, 0) is 27.3 Å². The highest BCUT2D eigenvalue weighted by molar-refractivity contribution is 5.50. The van der Waals surface area contributed by atoms with Gasteiger partial charge in [-0.3, -0.25) is 4.68 Å². The minimum Gasteiger partial charge on any atom is -0.357 e. The van der Waals surface area contributed by atoms with Gasteiger partial charge in [0.1, 0.15) is 5.82 Å². The molecule has 1 aromatic rings. The summed E-state index contributed by atoms with van der Waals surface area (Å²) in [6.07, 6.45) is 0. The Bertz CT molecular complexity index is 341. The summed E-state index contributed by atoms with van der Waals surface area (Å²) in [5.74, 6) is 1.22. The average Bonchev–Trinajstić information content (AvgIpc) is 2.49. The number of hydrogen-bond donors (Lipinski definition) is 1. The van der Waals surface area contributed by atoms with E-state index in [4.69, 9.17) is 0 Å². The predicted octanol–water partition coefficient (Wildman–Crippen LogP) is 1.68. The number of aryl methyl sites for hydroxylation is 2. The third-order valence-corrected chi connectivity index (χ3v) is 2.97. The van der Waals surface area contributed by atoms with E-state index in [0.29, 0.717) is 6.04 Å². The lowest BCUT2D eigenvalue weighted by Crippen LogP contribution is -2.29. The molecule has 0 saturated carbocycles. The summed E-state index contributed by atoms with van der Waals surface area (Å²) in [5, 5.41) is 7.88. The normalized spacial score (nSPS) is 11.2. The molecule has 0 amide bonds. The largest absolute Gasteiger partial charge is 0.357 e. The van der Waals surface area contributed by atoms with Gasteiger partial charge in [0.25, 0.3) is 0 Å². The highest BCUT2D eigenvalue weighted by atomic mass is 15.4. The number of anilines is 1. The van der Waals surface area contributed by atoms with Crippen LogP contribution in [0.5, 0.6) is 0 Å². The Morgan fingerprint density at radius 1 is 1.44 bits per heavy atom. The van der Waals surface area contributed by atoms with Gasteiger partial charge in [-0.25, -0.2) is 0 Å². The van der Waals surface area contributed by atoms with E-state index < -0.39 is 0 Å². The second-order valence-corrected chi connectivity index (χ2v) is 4.50. The van der Waals surface area contributed by atoms with Crippen LogP contribution in [0.2, 0.25) is 0 Å². The van der Waals surface area contributed by atoms with Gasteiger partial charge in [0, 0.05) is 32.2 Å². The number of aromatic nitrogens is 2. The smallest absolute Gasteiger partial charge is 0.131 e. The molecule has 4 heteroatoms. The lowest BCUT2D eigenvalue weighted by atomic mass is 10.2. The monoisotopic (exact) mass is 224 g/mol. The highest BCUT2D eigenvalue weighted by Crippen LogP contribution is 2.23.